The number of hydrogen-bond acceptors (Lipinski definition) is 3. The molecule has 0 aromatic rings. The third kappa shape index (κ3) is 3.50. The second-order valence-electron chi connectivity index (χ2n) is 4.15. The molecule has 0 aromatic carbocycles. The molecule has 158 valence electrons. The molecule has 0 amide bonds. The molecule has 0 bridgehead atoms. The van der Waals surface area contributed by atoms with Crippen LogP contribution in [0, 0.1) is 0 Å². The fraction of sp³-hybridized carbons (Fsp3) is 1.00. The predicted octanol–water partition coefficient (Wildman–Crippen LogP) is -0.575. The SMILES string of the molecule is [O-][I+2]([O-])OC(F)(F)C(F)(F)C(F)(F)C(F)(F)C(F)(F)C(F)(F)C(F)(F)F. The van der Waals surface area contributed by atoms with E-state index in [0.717, 1.165) is 0 Å². The zero-order valence-electron chi connectivity index (χ0n) is 10.8. The van der Waals surface area contributed by atoms with E-state index in [1.165, 1.54) is 0 Å². The maximum Gasteiger partial charge on any atom is 0.514 e. The van der Waals surface area contributed by atoms with Gasteiger partial charge in [-0.1, -0.05) is 0 Å². The third-order valence-corrected chi connectivity index (χ3v) is 3.37. The molecule has 0 unspecified atom stereocenters. The van der Waals surface area contributed by atoms with Gasteiger partial charge in [-0.15, -0.1) is 0 Å². The minimum absolute atomic E-state index is 1.94. The van der Waals surface area contributed by atoms with Gasteiger partial charge in [0.05, 0.1) is 3.07 Å². The molecule has 0 aromatic heterocycles. The molecule has 0 radical (unpaired) electrons. The van der Waals surface area contributed by atoms with E-state index in [-0.39, 0.29) is 0 Å². The van der Waals surface area contributed by atoms with E-state index in [1.54, 1.807) is 0 Å². The van der Waals surface area contributed by atoms with E-state index in [1.807, 2.05) is 3.07 Å². The average molecular weight is 544 g/mol. The van der Waals surface area contributed by atoms with Gasteiger partial charge in [-0.05, 0) is 0 Å². The van der Waals surface area contributed by atoms with Gasteiger partial charge < -0.3 is 6.87 Å². The Bertz CT molecular complexity index is 512. The highest BCUT2D eigenvalue weighted by molar-refractivity contribution is 5.11. The zero-order valence-corrected chi connectivity index (χ0v) is 12.9. The summed E-state index contributed by atoms with van der Waals surface area (Å²) in [5, 5.41) is 0. The molecule has 0 aliphatic carbocycles. The Morgan fingerprint density at radius 1 is 0.462 bits per heavy atom. The average Bonchev–Trinajstić information content (AvgIpc) is 2.34. The van der Waals surface area contributed by atoms with Crippen LogP contribution in [-0.4, -0.2) is 41.9 Å². The first kappa shape index (κ1) is 25.6. The third-order valence-electron chi connectivity index (χ3n) is 2.46. The first-order valence-electron chi connectivity index (χ1n) is 5.00. The lowest BCUT2D eigenvalue weighted by molar-refractivity contribution is -1.63. The molecule has 0 rings (SSSR count). The number of rotatable bonds is 7. The van der Waals surface area contributed by atoms with E-state index in [9.17, 15) is 72.7 Å². The molecule has 0 aliphatic heterocycles. The molecule has 19 heteroatoms. The van der Waals surface area contributed by atoms with Crippen LogP contribution in [0.15, 0.2) is 0 Å². The quantitative estimate of drug-likeness (QED) is 0.319. The van der Waals surface area contributed by atoms with Gasteiger partial charge in [0.2, 0.25) is 0 Å². The maximum atomic E-state index is 12.9. The van der Waals surface area contributed by atoms with Gasteiger partial charge in [-0.3, -0.25) is 0 Å². The van der Waals surface area contributed by atoms with Gasteiger partial charge in [0, 0.05) is 0 Å². The van der Waals surface area contributed by atoms with Crippen LogP contribution in [0.5, 0.6) is 0 Å². The Morgan fingerprint density at radius 2 is 0.731 bits per heavy atom. The molecule has 3 nitrogen and oxygen atoms in total. The van der Waals surface area contributed by atoms with Gasteiger partial charge in [0.1, 0.15) is 0 Å². The van der Waals surface area contributed by atoms with Crippen molar-refractivity contribution in [2.24, 2.45) is 0 Å². The smallest absolute Gasteiger partial charge is 0.396 e. The molecule has 0 N–H and O–H groups in total. The fourth-order valence-electron chi connectivity index (χ4n) is 1.08. The first-order chi connectivity index (χ1) is 10.9. The van der Waals surface area contributed by atoms with E-state index in [4.69, 9.17) is 0 Å². The summed E-state index contributed by atoms with van der Waals surface area (Å²) in [5.74, 6) is -41.3. The van der Waals surface area contributed by atoms with E-state index in [2.05, 4.69) is 0 Å². The summed E-state index contributed by atoms with van der Waals surface area (Å²) in [6.07, 6.45) is -14.9. The Morgan fingerprint density at radius 3 is 1.00 bits per heavy atom. The number of halogens is 16. The van der Waals surface area contributed by atoms with Crippen LogP contribution >= 0.6 is 0 Å². The van der Waals surface area contributed by atoms with Crippen LogP contribution < -0.4 is 27.9 Å². The van der Waals surface area contributed by atoms with Crippen LogP contribution in [0.25, 0.3) is 0 Å². The molecule has 0 spiro atoms. The van der Waals surface area contributed by atoms with Crippen molar-refractivity contribution in [1.29, 1.82) is 0 Å². The summed E-state index contributed by atoms with van der Waals surface area (Å²) in [6.45, 7) is 0. The first-order valence-corrected chi connectivity index (χ1v) is 7.64. The summed E-state index contributed by atoms with van der Waals surface area (Å²) in [6, 6.07) is 0. The Hall–Kier alpha value is -0.440. The summed E-state index contributed by atoms with van der Waals surface area (Å²) < 4.78 is 209. The van der Waals surface area contributed by atoms with Gasteiger partial charge in [0.25, 0.3) is 0 Å². The minimum Gasteiger partial charge on any atom is -0.396 e. The van der Waals surface area contributed by atoms with Gasteiger partial charge in [-0.2, -0.15) is 65.9 Å². The van der Waals surface area contributed by atoms with E-state index in [0.29, 0.717) is 0 Å². The van der Waals surface area contributed by atoms with Crippen molar-refractivity contribution < 1.29 is 96.9 Å². The number of alkyl halides is 15. The van der Waals surface area contributed by atoms with Crippen LogP contribution in [0.3, 0.4) is 0 Å². The van der Waals surface area contributed by atoms with Crippen LogP contribution in [0.4, 0.5) is 65.9 Å². The highest BCUT2D eigenvalue weighted by Crippen LogP contribution is 2.62. The van der Waals surface area contributed by atoms with Crippen molar-refractivity contribution in [2.45, 2.75) is 41.9 Å². The lowest BCUT2D eigenvalue weighted by Gasteiger charge is -2.39. The van der Waals surface area contributed by atoms with E-state index >= 15 is 0 Å². The normalized spacial score (nSPS) is 16.4. The van der Waals surface area contributed by atoms with Crippen molar-refractivity contribution >= 4 is 0 Å². The molecule has 0 heterocycles. The number of hydrogen-bond donors (Lipinski definition) is 0. The summed E-state index contributed by atoms with van der Waals surface area (Å²) in [4.78, 5) is 0. The Kier molecular flexibility index (Phi) is 6.46. The zero-order chi connectivity index (χ0) is 21.8. The van der Waals surface area contributed by atoms with Crippen molar-refractivity contribution in [2.75, 3.05) is 0 Å². The van der Waals surface area contributed by atoms with E-state index < -0.39 is 63.0 Å². The predicted molar refractivity (Wildman–Crippen MR) is 36.8 cm³/mol. The lowest BCUT2D eigenvalue weighted by atomic mass is 9.93. The Balaban J connectivity index is 6.42. The van der Waals surface area contributed by atoms with Crippen LogP contribution in [0.1, 0.15) is 0 Å². The highest BCUT2D eigenvalue weighted by Gasteiger charge is 2.94. The second-order valence-corrected chi connectivity index (χ2v) is 5.67. The van der Waals surface area contributed by atoms with Crippen molar-refractivity contribution in [3.63, 3.8) is 0 Å². The topological polar surface area (TPSA) is 55.3 Å². The fourth-order valence-corrected chi connectivity index (χ4v) is 1.81. The van der Waals surface area contributed by atoms with Crippen LogP contribution in [0.2, 0.25) is 0 Å². The van der Waals surface area contributed by atoms with Gasteiger partial charge in [0.15, 0.2) is 0 Å². The van der Waals surface area contributed by atoms with Crippen molar-refractivity contribution in [3.05, 3.63) is 0 Å². The standard InChI is InChI=1S/C7F15IO3/c8-1(9,2(10,11)4(14,15)6(18,19)20)3(12,13)5(16,17)7(21,22)26-23(24)25. The largest absolute Gasteiger partial charge is 0.514 e. The Labute approximate surface area is 139 Å². The van der Waals surface area contributed by atoms with Gasteiger partial charge in [-0.25, -0.2) is 0 Å². The molecule has 0 saturated carbocycles. The minimum atomic E-state index is -8.47. The van der Waals surface area contributed by atoms with Crippen LogP contribution in [-0.2, 0) is 3.07 Å². The highest BCUT2D eigenvalue weighted by atomic mass is 127. The second kappa shape index (κ2) is 6.57. The molecular formula is C7F15IO3. The van der Waals surface area contributed by atoms with Crippen molar-refractivity contribution in [1.82, 2.24) is 0 Å². The molecule has 26 heavy (non-hydrogen) atoms. The molecule has 0 atom stereocenters. The summed E-state index contributed by atoms with van der Waals surface area (Å²) >= 11 is -6.12. The van der Waals surface area contributed by atoms with Gasteiger partial charge >= 0.3 is 63.0 Å². The molecular weight excluding hydrogens is 544 g/mol. The lowest BCUT2D eigenvalue weighted by Crippen LogP contribution is -3.99. The molecule has 0 aliphatic rings. The van der Waals surface area contributed by atoms with Crippen molar-refractivity contribution in [3.8, 4) is 0 Å². The maximum absolute atomic E-state index is 12.9. The summed E-state index contributed by atoms with van der Waals surface area (Å²) in [7, 11) is 0. The monoisotopic (exact) mass is 544 g/mol. The summed E-state index contributed by atoms with van der Waals surface area (Å²) in [5.41, 5.74) is 0. The molecule has 0 saturated heterocycles. The molecule has 0 fully saturated rings.